The number of nitrogens with zero attached hydrogens (tertiary/aromatic N) is 1. The number of carbonyl (C=O) groups is 1. The molecular formula is C18H16ClNO. The first kappa shape index (κ1) is 13.9. The lowest BCUT2D eigenvalue weighted by molar-refractivity contribution is -0.117. The fourth-order valence-electron chi connectivity index (χ4n) is 2.57. The van der Waals surface area contributed by atoms with Gasteiger partial charge in [0.2, 0.25) is 5.91 Å². The van der Waals surface area contributed by atoms with E-state index in [-0.39, 0.29) is 5.91 Å². The number of halogens is 1. The van der Waals surface area contributed by atoms with Gasteiger partial charge in [-0.1, -0.05) is 48.6 Å². The zero-order chi connectivity index (χ0) is 14.7. The molecule has 0 bridgehead atoms. The third-order valence-corrected chi connectivity index (χ3v) is 3.84. The van der Waals surface area contributed by atoms with Gasteiger partial charge in [-0.05, 0) is 29.7 Å². The minimum absolute atomic E-state index is 0.0826. The highest BCUT2D eigenvalue weighted by Gasteiger charge is 2.22. The molecule has 3 rings (SSSR count). The average molecular weight is 298 g/mol. The van der Waals surface area contributed by atoms with Gasteiger partial charge in [0.05, 0.1) is 11.4 Å². The SMILES string of the molecule is O=C(CCCCl)N1c2ccccc2C=Cc2ccccc21. The van der Waals surface area contributed by atoms with E-state index in [2.05, 4.69) is 12.2 Å². The molecule has 0 saturated heterocycles. The highest BCUT2D eigenvalue weighted by Crippen LogP contribution is 2.36. The number of alkyl halides is 1. The van der Waals surface area contributed by atoms with E-state index < -0.39 is 0 Å². The third-order valence-electron chi connectivity index (χ3n) is 3.57. The highest BCUT2D eigenvalue weighted by molar-refractivity contribution is 6.18. The number of rotatable bonds is 3. The van der Waals surface area contributed by atoms with Crippen molar-refractivity contribution in [2.45, 2.75) is 12.8 Å². The summed E-state index contributed by atoms with van der Waals surface area (Å²) in [6.07, 6.45) is 5.26. The Morgan fingerprint density at radius 3 is 1.95 bits per heavy atom. The van der Waals surface area contributed by atoms with Crippen LogP contribution < -0.4 is 4.90 Å². The topological polar surface area (TPSA) is 20.3 Å². The lowest BCUT2D eigenvalue weighted by Gasteiger charge is -2.25. The number of para-hydroxylation sites is 2. The largest absolute Gasteiger partial charge is 0.280 e. The molecule has 1 aliphatic rings. The molecule has 1 amide bonds. The number of fused-ring (bicyclic) bond motifs is 2. The monoisotopic (exact) mass is 297 g/mol. The van der Waals surface area contributed by atoms with E-state index in [1.807, 2.05) is 53.4 Å². The molecule has 1 aliphatic heterocycles. The van der Waals surface area contributed by atoms with Crippen molar-refractivity contribution in [1.82, 2.24) is 0 Å². The molecule has 0 fully saturated rings. The Balaban J connectivity index is 2.12. The van der Waals surface area contributed by atoms with Crippen LogP contribution in [-0.2, 0) is 4.79 Å². The number of carbonyl (C=O) groups excluding carboxylic acids is 1. The zero-order valence-corrected chi connectivity index (χ0v) is 12.4. The summed E-state index contributed by atoms with van der Waals surface area (Å²) in [4.78, 5) is 14.5. The fraction of sp³-hybridized carbons (Fsp3) is 0.167. The van der Waals surface area contributed by atoms with Crippen molar-refractivity contribution in [3.05, 3.63) is 59.7 Å². The Morgan fingerprint density at radius 2 is 1.43 bits per heavy atom. The molecule has 2 nitrogen and oxygen atoms in total. The summed E-state index contributed by atoms with van der Waals surface area (Å²) in [5.41, 5.74) is 3.96. The summed E-state index contributed by atoms with van der Waals surface area (Å²) in [5, 5.41) is 0. The molecule has 0 aromatic heterocycles. The Labute approximate surface area is 129 Å². The summed E-state index contributed by atoms with van der Waals surface area (Å²) in [6, 6.07) is 15.9. The number of anilines is 2. The van der Waals surface area contributed by atoms with E-state index in [0.29, 0.717) is 18.7 Å². The average Bonchev–Trinajstić information content (AvgIpc) is 2.69. The summed E-state index contributed by atoms with van der Waals surface area (Å²) < 4.78 is 0. The lowest BCUT2D eigenvalue weighted by atomic mass is 10.1. The van der Waals surface area contributed by atoms with Gasteiger partial charge in [-0.25, -0.2) is 0 Å². The predicted octanol–water partition coefficient (Wildman–Crippen LogP) is 4.85. The predicted molar refractivity (Wildman–Crippen MR) is 88.9 cm³/mol. The summed E-state index contributed by atoms with van der Waals surface area (Å²) in [6.45, 7) is 0. The molecule has 106 valence electrons. The second kappa shape index (κ2) is 6.15. The minimum Gasteiger partial charge on any atom is -0.280 e. The number of hydrogen-bond donors (Lipinski definition) is 0. The van der Waals surface area contributed by atoms with Gasteiger partial charge in [0.25, 0.3) is 0 Å². The number of amides is 1. The summed E-state index contributed by atoms with van der Waals surface area (Å²) in [7, 11) is 0. The van der Waals surface area contributed by atoms with Crippen LogP contribution in [0.15, 0.2) is 48.5 Å². The van der Waals surface area contributed by atoms with Crippen molar-refractivity contribution >= 4 is 41.0 Å². The van der Waals surface area contributed by atoms with Crippen molar-refractivity contribution in [2.24, 2.45) is 0 Å². The first-order chi connectivity index (χ1) is 10.3. The first-order valence-electron chi connectivity index (χ1n) is 7.06. The summed E-state index contributed by atoms with van der Waals surface area (Å²) >= 11 is 5.73. The van der Waals surface area contributed by atoms with Gasteiger partial charge in [0.1, 0.15) is 0 Å². The van der Waals surface area contributed by atoms with Crippen molar-refractivity contribution in [2.75, 3.05) is 10.8 Å². The fourth-order valence-corrected chi connectivity index (χ4v) is 2.71. The Bertz CT molecular complexity index is 644. The van der Waals surface area contributed by atoms with Gasteiger partial charge >= 0.3 is 0 Å². The van der Waals surface area contributed by atoms with Crippen LogP contribution in [0.1, 0.15) is 24.0 Å². The maximum Gasteiger partial charge on any atom is 0.231 e. The molecule has 3 heteroatoms. The molecule has 2 aromatic rings. The van der Waals surface area contributed by atoms with Gasteiger partial charge < -0.3 is 0 Å². The van der Waals surface area contributed by atoms with E-state index in [0.717, 1.165) is 22.5 Å². The number of benzene rings is 2. The maximum absolute atomic E-state index is 12.7. The van der Waals surface area contributed by atoms with E-state index >= 15 is 0 Å². The minimum atomic E-state index is 0.0826. The van der Waals surface area contributed by atoms with Crippen LogP contribution in [0.5, 0.6) is 0 Å². The van der Waals surface area contributed by atoms with Crippen molar-refractivity contribution < 1.29 is 4.79 Å². The van der Waals surface area contributed by atoms with Crippen LogP contribution in [0.3, 0.4) is 0 Å². The molecule has 2 aromatic carbocycles. The third kappa shape index (κ3) is 2.72. The van der Waals surface area contributed by atoms with Crippen LogP contribution >= 0.6 is 11.6 Å². The van der Waals surface area contributed by atoms with Crippen LogP contribution in [0, 0.1) is 0 Å². The second-order valence-electron chi connectivity index (χ2n) is 4.97. The smallest absolute Gasteiger partial charge is 0.231 e. The van der Waals surface area contributed by atoms with E-state index in [9.17, 15) is 4.79 Å². The molecule has 0 unspecified atom stereocenters. The van der Waals surface area contributed by atoms with Gasteiger partial charge in [0, 0.05) is 12.3 Å². The van der Waals surface area contributed by atoms with Crippen molar-refractivity contribution in [3.63, 3.8) is 0 Å². The Hall–Kier alpha value is -2.06. The van der Waals surface area contributed by atoms with Crippen LogP contribution in [0.25, 0.3) is 12.2 Å². The first-order valence-corrected chi connectivity index (χ1v) is 7.60. The molecule has 1 heterocycles. The molecule has 0 atom stereocenters. The molecule has 0 aliphatic carbocycles. The highest BCUT2D eigenvalue weighted by atomic mass is 35.5. The van der Waals surface area contributed by atoms with E-state index in [4.69, 9.17) is 11.6 Å². The zero-order valence-electron chi connectivity index (χ0n) is 11.6. The van der Waals surface area contributed by atoms with Gasteiger partial charge in [-0.2, -0.15) is 0 Å². The van der Waals surface area contributed by atoms with Gasteiger partial charge in [-0.3, -0.25) is 9.69 Å². The van der Waals surface area contributed by atoms with Crippen LogP contribution in [0.4, 0.5) is 11.4 Å². The summed E-state index contributed by atoms with van der Waals surface area (Å²) in [5.74, 6) is 0.584. The van der Waals surface area contributed by atoms with Crippen LogP contribution in [0.2, 0.25) is 0 Å². The van der Waals surface area contributed by atoms with Crippen molar-refractivity contribution in [3.8, 4) is 0 Å². The number of hydrogen-bond acceptors (Lipinski definition) is 1. The van der Waals surface area contributed by atoms with Crippen molar-refractivity contribution in [1.29, 1.82) is 0 Å². The molecular weight excluding hydrogens is 282 g/mol. The Kier molecular flexibility index (Phi) is 4.07. The molecule has 0 N–H and O–H groups in total. The molecule has 0 spiro atoms. The standard InChI is InChI=1S/C18H16ClNO/c19-13-5-10-18(21)20-16-8-3-1-6-14(16)11-12-15-7-2-4-9-17(15)20/h1-4,6-9,11-12H,5,10,13H2. The van der Waals surface area contributed by atoms with E-state index in [1.165, 1.54) is 0 Å². The van der Waals surface area contributed by atoms with Crippen LogP contribution in [-0.4, -0.2) is 11.8 Å². The lowest BCUT2D eigenvalue weighted by Crippen LogP contribution is -2.26. The van der Waals surface area contributed by atoms with E-state index in [1.54, 1.807) is 0 Å². The quantitative estimate of drug-likeness (QED) is 0.741. The maximum atomic E-state index is 12.7. The molecule has 0 saturated carbocycles. The molecule has 0 radical (unpaired) electrons. The second-order valence-corrected chi connectivity index (χ2v) is 5.35. The van der Waals surface area contributed by atoms with Gasteiger partial charge in [-0.15, -0.1) is 11.6 Å². The normalized spacial score (nSPS) is 12.5. The molecule has 21 heavy (non-hydrogen) atoms. The van der Waals surface area contributed by atoms with Gasteiger partial charge in [0.15, 0.2) is 0 Å². The Morgan fingerprint density at radius 1 is 0.905 bits per heavy atom.